The van der Waals surface area contributed by atoms with E-state index in [9.17, 15) is 0 Å². The molecule has 0 saturated heterocycles. The highest BCUT2D eigenvalue weighted by atomic mass is 16.5. The molecule has 1 rings (SSSR count). The quantitative estimate of drug-likeness (QED) is 0.608. The summed E-state index contributed by atoms with van der Waals surface area (Å²) in [7, 11) is 1.57. The van der Waals surface area contributed by atoms with Crippen LogP contribution >= 0.6 is 0 Å². The van der Waals surface area contributed by atoms with Crippen LogP contribution in [-0.4, -0.2) is 30.4 Å². The van der Waals surface area contributed by atoms with Crippen molar-refractivity contribution in [2.24, 2.45) is 0 Å². The number of nitrogen functional groups attached to an aromatic ring is 1. The lowest BCUT2D eigenvalue weighted by Gasteiger charge is -2.09. The van der Waals surface area contributed by atoms with Gasteiger partial charge < -0.3 is 20.9 Å². The lowest BCUT2D eigenvalue weighted by atomic mass is 10.2. The van der Waals surface area contributed by atoms with Crippen LogP contribution in [0.1, 0.15) is 19.3 Å². The first-order chi connectivity index (χ1) is 7.77. The van der Waals surface area contributed by atoms with Gasteiger partial charge in [0, 0.05) is 19.2 Å². The van der Waals surface area contributed by atoms with Gasteiger partial charge in [0.1, 0.15) is 0 Å². The third-order valence-electron chi connectivity index (χ3n) is 2.24. The van der Waals surface area contributed by atoms with Gasteiger partial charge in [-0.3, -0.25) is 0 Å². The fraction of sp³-hybridized carbons (Fsp3) is 0.545. The second-order valence-corrected chi connectivity index (χ2v) is 3.50. The molecule has 0 spiro atoms. The Kier molecular flexibility index (Phi) is 5.42. The van der Waals surface area contributed by atoms with Crippen LogP contribution in [0.5, 0.6) is 5.88 Å². The molecule has 90 valence electrons. The van der Waals surface area contributed by atoms with Gasteiger partial charge in [-0.05, 0) is 25.3 Å². The first-order valence-electron chi connectivity index (χ1n) is 5.43. The number of anilines is 2. The van der Waals surface area contributed by atoms with Crippen molar-refractivity contribution in [1.82, 2.24) is 4.98 Å². The van der Waals surface area contributed by atoms with E-state index in [2.05, 4.69) is 10.3 Å². The SMILES string of the molecule is COc1ccc(N)c(NCCCCCO)n1. The van der Waals surface area contributed by atoms with Gasteiger partial charge in [0.05, 0.1) is 12.8 Å². The molecule has 0 unspecified atom stereocenters. The summed E-state index contributed by atoms with van der Waals surface area (Å²) in [5.41, 5.74) is 6.38. The molecule has 5 nitrogen and oxygen atoms in total. The predicted octanol–water partition coefficient (Wildman–Crippen LogP) is 1.25. The molecule has 0 aliphatic rings. The highest BCUT2D eigenvalue weighted by Gasteiger charge is 2.02. The molecule has 0 atom stereocenters. The van der Waals surface area contributed by atoms with E-state index in [1.165, 1.54) is 0 Å². The zero-order chi connectivity index (χ0) is 11.8. The molecular formula is C11H19N3O2. The van der Waals surface area contributed by atoms with Gasteiger partial charge in [0.25, 0.3) is 0 Å². The highest BCUT2D eigenvalue weighted by molar-refractivity contribution is 5.61. The Bertz CT molecular complexity index is 318. The molecule has 4 N–H and O–H groups in total. The van der Waals surface area contributed by atoms with E-state index in [1.54, 1.807) is 19.2 Å². The van der Waals surface area contributed by atoms with Crippen molar-refractivity contribution in [2.75, 3.05) is 31.3 Å². The lowest BCUT2D eigenvalue weighted by molar-refractivity contribution is 0.283. The first-order valence-corrected chi connectivity index (χ1v) is 5.43. The topological polar surface area (TPSA) is 80.4 Å². The molecule has 0 saturated carbocycles. The van der Waals surface area contributed by atoms with Gasteiger partial charge in [-0.1, -0.05) is 0 Å². The summed E-state index contributed by atoms with van der Waals surface area (Å²) in [6.45, 7) is 1.05. The number of hydrogen-bond donors (Lipinski definition) is 3. The number of nitrogens with one attached hydrogen (secondary N) is 1. The number of methoxy groups -OCH3 is 1. The standard InChI is InChI=1S/C11H19N3O2/c1-16-10-6-5-9(12)11(14-10)13-7-3-2-4-8-15/h5-6,15H,2-4,7-8,12H2,1H3,(H,13,14). The van der Waals surface area contributed by atoms with Crippen LogP contribution in [0.3, 0.4) is 0 Å². The third-order valence-corrected chi connectivity index (χ3v) is 2.24. The number of nitrogens with zero attached hydrogens (tertiary/aromatic N) is 1. The number of aliphatic hydroxyl groups is 1. The fourth-order valence-electron chi connectivity index (χ4n) is 1.33. The van der Waals surface area contributed by atoms with Gasteiger partial charge in [-0.25, -0.2) is 0 Å². The van der Waals surface area contributed by atoms with Crippen LogP contribution in [0.25, 0.3) is 0 Å². The summed E-state index contributed by atoms with van der Waals surface area (Å²) in [6.07, 6.45) is 2.81. The average Bonchev–Trinajstić information content (AvgIpc) is 2.31. The Labute approximate surface area is 95.6 Å². The van der Waals surface area contributed by atoms with Gasteiger partial charge in [0.15, 0.2) is 5.82 Å². The third kappa shape index (κ3) is 3.94. The average molecular weight is 225 g/mol. The Morgan fingerprint density at radius 3 is 2.88 bits per heavy atom. The molecule has 5 heteroatoms. The summed E-state index contributed by atoms with van der Waals surface area (Å²) in [5, 5.41) is 11.8. The molecule has 1 heterocycles. The fourth-order valence-corrected chi connectivity index (χ4v) is 1.33. The Morgan fingerprint density at radius 1 is 1.38 bits per heavy atom. The maximum Gasteiger partial charge on any atom is 0.215 e. The summed E-state index contributed by atoms with van der Waals surface area (Å²) in [6, 6.07) is 3.49. The predicted molar refractivity (Wildman–Crippen MR) is 64.6 cm³/mol. The number of hydrogen-bond acceptors (Lipinski definition) is 5. The maximum absolute atomic E-state index is 8.63. The second-order valence-electron chi connectivity index (χ2n) is 3.50. The minimum absolute atomic E-state index is 0.250. The van der Waals surface area contributed by atoms with E-state index in [1.807, 2.05) is 0 Å². The molecule has 0 bridgehead atoms. The van der Waals surface area contributed by atoms with Crippen molar-refractivity contribution in [3.63, 3.8) is 0 Å². The Morgan fingerprint density at radius 2 is 2.19 bits per heavy atom. The zero-order valence-corrected chi connectivity index (χ0v) is 9.57. The van der Waals surface area contributed by atoms with E-state index in [0.717, 1.165) is 25.8 Å². The van der Waals surface area contributed by atoms with Crippen LogP contribution < -0.4 is 15.8 Å². The van der Waals surface area contributed by atoms with Crippen LogP contribution in [0.2, 0.25) is 0 Å². The minimum Gasteiger partial charge on any atom is -0.481 e. The van der Waals surface area contributed by atoms with Gasteiger partial charge in [-0.15, -0.1) is 0 Å². The van der Waals surface area contributed by atoms with Gasteiger partial charge >= 0.3 is 0 Å². The van der Waals surface area contributed by atoms with Gasteiger partial charge in [-0.2, -0.15) is 4.98 Å². The number of ether oxygens (including phenoxy) is 1. The molecule has 0 amide bonds. The molecule has 0 aliphatic heterocycles. The van der Waals surface area contributed by atoms with Crippen molar-refractivity contribution < 1.29 is 9.84 Å². The summed E-state index contributed by atoms with van der Waals surface area (Å²) < 4.78 is 5.01. The molecule has 0 fully saturated rings. The number of rotatable bonds is 7. The normalized spacial score (nSPS) is 10.1. The molecule has 0 aromatic carbocycles. The van der Waals surface area contributed by atoms with E-state index in [0.29, 0.717) is 17.4 Å². The summed E-state index contributed by atoms with van der Waals surface area (Å²) in [4.78, 5) is 4.20. The molecule has 0 radical (unpaired) electrons. The van der Waals surface area contributed by atoms with E-state index in [-0.39, 0.29) is 6.61 Å². The monoisotopic (exact) mass is 225 g/mol. The van der Waals surface area contributed by atoms with Crippen LogP contribution in [0, 0.1) is 0 Å². The van der Waals surface area contributed by atoms with Crippen molar-refractivity contribution in [2.45, 2.75) is 19.3 Å². The number of aliphatic hydroxyl groups excluding tert-OH is 1. The van der Waals surface area contributed by atoms with Crippen LogP contribution in [0.4, 0.5) is 11.5 Å². The molecule has 1 aromatic heterocycles. The molecular weight excluding hydrogens is 206 g/mol. The van der Waals surface area contributed by atoms with Crippen LogP contribution in [0.15, 0.2) is 12.1 Å². The first kappa shape index (κ1) is 12.6. The second kappa shape index (κ2) is 6.90. The van der Waals surface area contributed by atoms with Gasteiger partial charge in [0.2, 0.25) is 5.88 Å². The number of nitrogens with two attached hydrogens (primary N) is 1. The molecule has 0 aliphatic carbocycles. The van der Waals surface area contributed by atoms with E-state index in [4.69, 9.17) is 15.6 Å². The smallest absolute Gasteiger partial charge is 0.215 e. The Balaban J connectivity index is 2.40. The zero-order valence-electron chi connectivity index (χ0n) is 9.57. The lowest BCUT2D eigenvalue weighted by Crippen LogP contribution is -2.07. The van der Waals surface area contributed by atoms with E-state index < -0.39 is 0 Å². The minimum atomic E-state index is 0.250. The largest absolute Gasteiger partial charge is 0.481 e. The number of pyridine rings is 1. The molecule has 16 heavy (non-hydrogen) atoms. The highest BCUT2D eigenvalue weighted by Crippen LogP contribution is 2.19. The van der Waals surface area contributed by atoms with Crippen molar-refractivity contribution >= 4 is 11.5 Å². The summed E-state index contributed by atoms with van der Waals surface area (Å²) >= 11 is 0. The van der Waals surface area contributed by atoms with E-state index >= 15 is 0 Å². The van der Waals surface area contributed by atoms with Crippen molar-refractivity contribution in [1.29, 1.82) is 0 Å². The summed E-state index contributed by atoms with van der Waals surface area (Å²) in [5.74, 6) is 1.20. The van der Waals surface area contributed by atoms with Crippen molar-refractivity contribution in [3.8, 4) is 5.88 Å². The number of unbranched alkanes of at least 4 members (excludes halogenated alkanes) is 2. The number of aromatic nitrogens is 1. The van der Waals surface area contributed by atoms with Crippen LogP contribution in [-0.2, 0) is 0 Å². The Hall–Kier alpha value is -1.49. The molecule has 1 aromatic rings. The van der Waals surface area contributed by atoms with Crippen molar-refractivity contribution in [3.05, 3.63) is 12.1 Å². The maximum atomic E-state index is 8.63.